The smallest absolute Gasteiger partial charge is 0.269 e. The molecule has 3 amide bonds. The van der Waals surface area contributed by atoms with Crippen LogP contribution in [0.25, 0.3) is 0 Å². The summed E-state index contributed by atoms with van der Waals surface area (Å²) in [4.78, 5) is 38.6. The molecule has 0 bridgehead atoms. The third-order valence-corrected chi connectivity index (χ3v) is 5.48. The molecule has 0 N–H and O–H groups in total. The summed E-state index contributed by atoms with van der Waals surface area (Å²) < 4.78 is 14.8. The average Bonchev–Trinajstić information content (AvgIpc) is 3.00. The molecule has 26 heavy (non-hydrogen) atoms. The Balaban J connectivity index is 1.86. The molecule has 2 heterocycles. The van der Waals surface area contributed by atoms with Crippen molar-refractivity contribution in [2.45, 2.75) is 18.4 Å². The number of benzene rings is 2. The molecule has 2 aliphatic heterocycles. The largest absolute Gasteiger partial charge is 0.305 e. The van der Waals surface area contributed by atoms with E-state index in [4.69, 9.17) is 11.6 Å². The topological polar surface area (TPSA) is 68.5 Å². The first-order valence-corrected chi connectivity index (χ1v) is 8.85. The number of hydrogen-bond donors (Lipinski definition) is 0. The fourth-order valence-electron chi connectivity index (χ4n) is 3.48. The fourth-order valence-corrected chi connectivity index (χ4v) is 4.09. The maximum absolute atomic E-state index is 14.3. The zero-order chi connectivity index (χ0) is 18.6. The fraction of sp³-hybridized carbons (Fsp3) is 0.167. The van der Waals surface area contributed by atoms with Gasteiger partial charge in [0.1, 0.15) is 5.82 Å². The van der Waals surface area contributed by atoms with Crippen LogP contribution in [0.5, 0.6) is 0 Å². The monoisotopic (exact) mass is 435 g/mol. The molecular formula is C18H10BrClFN2O3. The maximum Gasteiger partial charge on any atom is 0.269 e. The molecule has 1 fully saturated rings. The Morgan fingerprint density at radius 1 is 1.23 bits per heavy atom. The highest BCUT2D eigenvalue weighted by atomic mass is 79.9. The van der Waals surface area contributed by atoms with E-state index in [1.165, 1.54) is 11.0 Å². The van der Waals surface area contributed by atoms with Crippen molar-refractivity contribution in [3.8, 4) is 0 Å². The number of carbonyl (C=O) groups is 3. The van der Waals surface area contributed by atoms with Crippen molar-refractivity contribution >= 4 is 50.9 Å². The van der Waals surface area contributed by atoms with Gasteiger partial charge < -0.3 is 4.90 Å². The summed E-state index contributed by atoms with van der Waals surface area (Å²) in [5, 5.41) is 3.67. The summed E-state index contributed by atoms with van der Waals surface area (Å²) in [6.07, 6.45) is -0.336. The minimum Gasteiger partial charge on any atom is -0.305 e. The van der Waals surface area contributed by atoms with Crippen LogP contribution in [0, 0.1) is 5.82 Å². The molecule has 4 rings (SSSR count). The second kappa shape index (κ2) is 5.89. The van der Waals surface area contributed by atoms with E-state index in [1.54, 1.807) is 30.3 Å². The number of hydrogen-bond acceptors (Lipinski definition) is 3. The predicted octanol–water partition coefficient (Wildman–Crippen LogP) is 3.09. The van der Waals surface area contributed by atoms with Crippen molar-refractivity contribution in [3.63, 3.8) is 0 Å². The lowest BCUT2D eigenvalue weighted by molar-refractivity contribution is -0.133. The molecule has 0 aliphatic carbocycles. The van der Waals surface area contributed by atoms with E-state index in [0.717, 1.165) is 0 Å². The Kier molecular flexibility index (Phi) is 3.89. The van der Waals surface area contributed by atoms with Gasteiger partial charge in [-0.2, -0.15) is 5.32 Å². The normalized spacial score (nSPS) is 21.5. The van der Waals surface area contributed by atoms with Gasteiger partial charge in [0.05, 0.1) is 23.7 Å². The molecule has 2 aromatic rings. The minimum atomic E-state index is -1.69. The second-order valence-electron chi connectivity index (χ2n) is 6.16. The Labute approximate surface area is 161 Å². The van der Waals surface area contributed by atoms with E-state index in [-0.39, 0.29) is 23.6 Å². The number of carbonyl (C=O) groups excluding carboxylic acids is 3. The van der Waals surface area contributed by atoms with E-state index < -0.39 is 29.0 Å². The van der Waals surface area contributed by atoms with Crippen LogP contribution in [0.2, 0.25) is 5.02 Å². The first-order valence-electron chi connectivity index (χ1n) is 7.68. The Morgan fingerprint density at radius 2 is 2.00 bits per heavy atom. The molecule has 1 atom stereocenters. The zero-order valence-electron chi connectivity index (χ0n) is 13.1. The minimum absolute atomic E-state index is 0.113. The lowest BCUT2D eigenvalue weighted by Gasteiger charge is -2.21. The van der Waals surface area contributed by atoms with Crippen LogP contribution < -0.4 is 10.2 Å². The molecule has 5 nitrogen and oxygen atoms in total. The number of rotatable bonds is 2. The molecule has 8 heteroatoms. The lowest BCUT2D eigenvalue weighted by Crippen LogP contribution is -2.44. The van der Waals surface area contributed by atoms with Gasteiger partial charge in [-0.1, -0.05) is 45.7 Å². The SMILES string of the molecule is O=C1CC2(C(=O)[N]1)C(=O)N(Cc1ccc(Br)cc1F)c1c(Cl)cccc12. The first kappa shape index (κ1) is 17.2. The van der Waals surface area contributed by atoms with E-state index in [9.17, 15) is 18.8 Å². The number of imide groups is 1. The van der Waals surface area contributed by atoms with Crippen LogP contribution in [0.1, 0.15) is 17.5 Å². The molecule has 1 radical (unpaired) electrons. The summed E-state index contributed by atoms with van der Waals surface area (Å²) >= 11 is 9.47. The second-order valence-corrected chi connectivity index (χ2v) is 7.48. The quantitative estimate of drug-likeness (QED) is 0.537. The third kappa shape index (κ3) is 2.30. The number of nitrogens with zero attached hydrogens (tertiary/aromatic N) is 2. The van der Waals surface area contributed by atoms with Gasteiger partial charge in [0.2, 0.25) is 5.91 Å². The van der Waals surface area contributed by atoms with Gasteiger partial charge >= 0.3 is 0 Å². The highest BCUT2D eigenvalue weighted by Gasteiger charge is 2.62. The van der Waals surface area contributed by atoms with Crippen LogP contribution in [0.15, 0.2) is 40.9 Å². The van der Waals surface area contributed by atoms with Gasteiger partial charge in [0, 0.05) is 15.6 Å². The number of anilines is 1. The van der Waals surface area contributed by atoms with E-state index in [0.29, 0.717) is 15.7 Å². The van der Waals surface area contributed by atoms with E-state index >= 15 is 0 Å². The molecule has 2 aliphatic rings. The Hall–Kier alpha value is -2.25. The summed E-state index contributed by atoms with van der Waals surface area (Å²) in [6, 6.07) is 9.26. The summed E-state index contributed by atoms with van der Waals surface area (Å²) in [6.45, 7) is -0.113. The standard InChI is InChI=1S/C18H10BrClFN2O3/c19-10-5-4-9(13(21)6-10)8-23-15-11(2-1-3-12(15)20)18(17(23)26)7-14(24)22-16(18)25/h1-6H,7-8H2. The number of halogens is 3. The molecule has 131 valence electrons. The lowest BCUT2D eigenvalue weighted by atomic mass is 9.80. The van der Waals surface area contributed by atoms with Crippen molar-refractivity contribution in [3.05, 3.63) is 62.8 Å². The van der Waals surface area contributed by atoms with Crippen LogP contribution in [-0.2, 0) is 26.3 Å². The molecule has 2 aromatic carbocycles. The van der Waals surface area contributed by atoms with E-state index in [1.807, 2.05) is 0 Å². The summed E-state index contributed by atoms with van der Waals surface area (Å²) in [5.74, 6) is -2.55. The molecule has 0 aromatic heterocycles. The Morgan fingerprint density at radius 3 is 2.65 bits per heavy atom. The Bertz CT molecular complexity index is 996. The van der Waals surface area contributed by atoms with Gasteiger partial charge in [0.15, 0.2) is 5.41 Å². The molecule has 1 spiro atoms. The summed E-state index contributed by atoms with van der Waals surface area (Å²) in [5.41, 5.74) is -0.770. The predicted molar refractivity (Wildman–Crippen MR) is 95.2 cm³/mol. The highest BCUT2D eigenvalue weighted by Crippen LogP contribution is 2.50. The van der Waals surface area contributed by atoms with Crippen molar-refractivity contribution in [1.82, 2.24) is 5.32 Å². The van der Waals surface area contributed by atoms with Gasteiger partial charge in [-0.05, 0) is 18.2 Å². The molecule has 1 unspecified atom stereocenters. The van der Waals surface area contributed by atoms with Crippen molar-refractivity contribution in [1.29, 1.82) is 0 Å². The van der Waals surface area contributed by atoms with Crippen LogP contribution in [-0.4, -0.2) is 17.7 Å². The van der Waals surface area contributed by atoms with Crippen LogP contribution >= 0.6 is 27.5 Å². The number of amides is 3. The van der Waals surface area contributed by atoms with Crippen LogP contribution in [0.3, 0.4) is 0 Å². The van der Waals surface area contributed by atoms with Gasteiger partial charge in [-0.15, -0.1) is 0 Å². The average molecular weight is 437 g/mol. The molecule has 0 saturated carbocycles. The first-order chi connectivity index (χ1) is 12.3. The number of fused-ring (bicyclic) bond motifs is 2. The van der Waals surface area contributed by atoms with Crippen molar-refractivity contribution in [2.24, 2.45) is 0 Å². The van der Waals surface area contributed by atoms with E-state index in [2.05, 4.69) is 21.2 Å². The van der Waals surface area contributed by atoms with Gasteiger partial charge in [-0.25, -0.2) is 4.39 Å². The zero-order valence-corrected chi connectivity index (χ0v) is 15.5. The highest BCUT2D eigenvalue weighted by molar-refractivity contribution is 9.10. The summed E-state index contributed by atoms with van der Waals surface area (Å²) in [7, 11) is 0. The van der Waals surface area contributed by atoms with Crippen molar-refractivity contribution < 1.29 is 18.8 Å². The van der Waals surface area contributed by atoms with Crippen molar-refractivity contribution in [2.75, 3.05) is 4.90 Å². The maximum atomic E-state index is 14.3. The van der Waals surface area contributed by atoms with Gasteiger partial charge in [-0.3, -0.25) is 14.4 Å². The third-order valence-electron chi connectivity index (χ3n) is 4.68. The molecular weight excluding hydrogens is 427 g/mol. The number of para-hydroxylation sites is 1. The van der Waals surface area contributed by atoms with Crippen LogP contribution in [0.4, 0.5) is 10.1 Å². The molecule has 1 saturated heterocycles. The van der Waals surface area contributed by atoms with Gasteiger partial charge in [0.25, 0.3) is 11.8 Å².